The molecule has 0 bridgehead atoms. The maximum atomic E-state index is 9.75. The van der Waals surface area contributed by atoms with E-state index in [1.165, 1.54) is 0 Å². The maximum Gasteiger partial charge on any atom is 1.00 e. The van der Waals surface area contributed by atoms with Crippen LogP contribution in [0, 0.1) is 94.7 Å². The Hall–Kier alpha value is -9.39. The fourth-order valence-electron chi connectivity index (χ4n) is 6.85. The number of pyridine rings is 4. The molecule has 0 amide bonds. The molecule has 0 radical (unpaired) electrons. The zero-order valence-corrected chi connectivity index (χ0v) is 55.9. The Bertz CT molecular complexity index is 3960. The van der Waals surface area contributed by atoms with Crippen LogP contribution in [0.4, 0.5) is 34.5 Å². The van der Waals surface area contributed by atoms with Crippen molar-refractivity contribution in [1.29, 1.82) is 0 Å². The van der Waals surface area contributed by atoms with Crippen LogP contribution in [0.1, 0.15) is 90.1 Å². The Kier molecular flexibility index (Phi) is 37.7. The number of nitrogens with zero attached hydrogens (tertiary/aromatic N) is 4. The summed E-state index contributed by atoms with van der Waals surface area (Å²) in [6, 6.07) is 77.6. The summed E-state index contributed by atoms with van der Waals surface area (Å²) in [6.45, 7) is 0. The largest absolute Gasteiger partial charge is 1.00 e. The molecule has 0 aliphatic rings. The summed E-state index contributed by atoms with van der Waals surface area (Å²) in [5.41, 5.74) is 12.4. The van der Waals surface area contributed by atoms with E-state index in [1.54, 1.807) is 0 Å². The van der Waals surface area contributed by atoms with Crippen LogP contribution in [-0.2, 0) is 44.8 Å². The minimum Gasteiger partial charge on any atom is -0.418 e. The van der Waals surface area contributed by atoms with Crippen molar-refractivity contribution in [3.63, 3.8) is 0 Å². The predicted octanol–water partition coefficient (Wildman–Crippen LogP) is 17.6. The van der Waals surface area contributed by atoms with E-state index in [4.69, 9.17) is 46.4 Å². The number of rotatable bonds is 0. The van der Waals surface area contributed by atoms with Gasteiger partial charge in [0.05, 0.1) is 10.7 Å². The first-order valence-corrected chi connectivity index (χ1v) is 29.0. The zero-order valence-electron chi connectivity index (χ0n) is 48.6. The van der Waals surface area contributed by atoms with Gasteiger partial charge in [0, 0.05) is 44.5 Å². The van der Waals surface area contributed by atoms with Gasteiger partial charge in [-0.15, -0.1) is 46.4 Å². The molecule has 6 aromatic carbocycles. The third-order valence-electron chi connectivity index (χ3n) is 10.6. The number of hydrogen-bond acceptors (Lipinski definition) is 4. The fourth-order valence-corrected chi connectivity index (χ4v) is 6.85. The van der Waals surface area contributed by atoms with Crippen LogP contribution in [0.3, 0.4) is 0 Å². The molecule has 0 saturated carbocycles. The van der Waals surface area contributed by atoms with Gasteiger partial charge in [0.15, 0.2) is 0 Å². The van der Waals surface area contributed by atoms with E-state index in [9.17, 15) is 34.5 Å². The first-order chi connectivity index (χ1) is 44.5. The third-order valence-corrected chi connectivity index (χ3v) is 10.6. The SMILES string of the molecule is C(#Cc1cccc(C#Cc2ccccc2C#Cc2cccc(C#Cc3ccccc3)n2)n1)c1ccccc1.C(#Cc1cccc(C#Cc2ccccc2C#Cc2cccc(C#Cc3ccccc3)n2)n1)c1ccccc1.ClCCl.ClCCl.F[B-](F)(F)F.F[B-](F)(F)F.[Au+].[Au+]. The molecule has 4 aromatic heterocycles. The summed E-state index contributed by atoms with van der Waals surface area (Å²) in [4.78, 5) is 18.3. The summed E-state index contributed by atoms with van der Waals surface area (Å²) >= 11 is 19.1. The Morgan fingerprint density at radius 2 is 0.351 bits per heavy atom. The molecule has 0 atom stereocenters. The van der Waals surface area contributed by atoms with Crippen LogP contribution in [0.2, 0.25) is 0 Å². The van der Waals surface area contributed by atoms with Crippen LogP contribution < -0.4 is 0 Å². The standard InChI is InChI=1S/2C36H20N2.2CH2Cl2.2Au.2BF4/c2*1-3-11-29(12-4-1)21-25-33-17-9-19-35(37-33)27-23-31-15-7-8-16-32(31)24-28-36-20-10-18-34(38-36)26-22-30-13-5-2-6-14-30;2*2-1-3;;;2*2-1(3,4)5/h2*1-20H;2*1H2;;;;/q;;;;2*+1;2*-1. The number of aromatic nitrogens is 4. The molecule has 20 heteroatoms. The normalized spacial score (nSPS) is 9.15. The van der Waals surface area contributed by atoms with Crippen molar-refractivity contribution in [3.05, 3.63) is 333 Å². The molecule has 94 heavy (non-hydrogen) atoms. The van der Waals surface area contributed by atoms with Gasteiger partial charge in [-0.2, -0.15) is 0 Å². The van der Waals surface area contributed by atoms with E-state index in [2.05, 4.69) is 115 Å². The molecule has 4 nitrogen and oxygen atoms in total. The van der Waals surface area contributed by atoms with Crippen molar-refractivity contribution in [3.8, 4) is 94.7 Å². The van der Waals surface area contributed by atoms with Gasteiger partial charge in [-0.1, -0.05) is 169 Å². The predicted molar refractivity (Wildman–Crippen MR) is 357 cm³/mol. The molecular formula is C74H44Au2B2Cl4F8N4. The van der Waals surface area contributed by atoms with Crippen LogP contribution in [0.15, 0.2) is 243 Å². The quantitative estimate of drug-likeness (QED) is 0.0657. The summed E-state index contributed by atoms with van der Waals surface area (Å²) in [7, 11) is -12.0. The van der Waals surface area contributed by atoms with Gasteiger partial charge in [0.25, 0.3) is 0 Å². The fraction of sp³-hybridized carbons (Fsp3) is 0.0270. The molecule has 0 saturated heterocycles. The van der Waals surface area contributed by atoms with Gasteiger partial charge in [-0.05, 0) is 169 Å². The van der Waals surface area contributed by atoms with E-state index in [0.29, 0.717) is 45.6 Å². The summed E-state index contributed by atoms with van der Waals surface area (Å²) < 4.78 is 78.0. The number of alkyl halides is 4. The van der Waals surface area contributed by atoms with Crippen molar-refractivity contribution >= 4 is 60.9 Å². The zero-order chi connectivity index (χ0) is 66.1. The first-order valence-electron chi connectivity index (χ1n) is 26.9. The Balaban J connectivity index is 0.000000392. The third kappa shape index (κ3) is 35.4. The van der Waals surface area contributed by atoms with Gasteiger partial charge in [0.2, 0.25) is 0 Å². The summed E-state index contributed by atoms with van der Waals surface area (Å²) in [5, 5.41) is 0.389. The molecule has 10 aromatic rings. The average molecular weight is 1700 g/mol. The van der Waals surface area contributed by atoms with Crippen molar-refractivity contribution < 1.29 is 79.3 Å². The number of halogens is 12. The smallest absolute Gasteiger partial charge is 0.418 e. The average Bonchev–Trinajstić information content (AvgIpc) is 0.985. The summed E-state index contributed by atoms with van der Waals surface area (Å²) in [5.74, 6) is 50.4. The number of hydrogen-bond donors (Lipinski definition) is 0. The van der Waals surface area contributed by atoms with E-state index >= 15 is 0 Å². The molecule has 0 fully saturated rings. The van der Waals surface area contributed by atoms with Gasteiger partial charge >= 0.3 is 59.3 Å². The monoisotopic (exact) mass is 1700 g/mol. The molecule has 4 heterocycles. The molecule has 472 valence electrons. The van der Waals surface area contributed by atoms with Crippen molar-refractivity contribution in [2.45, 2.75) is 0 Å². The molecule has 10 rings (SSSR count). The van der Waals surface area contributed by atoms with E-state index in [1.807, 2.05) is 243 Å². The topological polar surface area (TPSA) is 51.6 Å². The number of benzene rings is 6. The van der Waals surface area contributed by atoms with Crippen LogP contribution in [-0.4, -0.2) is 45.1 Å². The van der Waals surface area contributed by atoms with Crippen molar-refractivity contribution in [2.24, 2.45) is 0 Å². The van der Waals surface area contributed by atoms with Gasteiger partial charge in [-0.25, -0.2) is 19.9 Å². The Morgan fingerprint density at radius 3 is 0.511 bits per heavy atom. The molecule has 0 unspecified atom stereocenters. The van der Waals surface area contributed by atoms with Gasteiger partial charge in [-0.3, -0.25) is 0 Å². The first kappa shape index (κ1) is 78.9. The van der Waals surface area contributed by atoms with Crippen molar-refractivity contribution in [1.82, 2.24) is 19.9 Å². The second-order valence-electron chi connectivity index (χ2n) is 17.4. The van der Waals surface area contributed by atoms with Gasteiger partial charge in [0.1, 0.15) is 45.6 Å². The molecule has 0 aliphatic heterocycles. The maximum absolute atomic E-state index is 9.75. The Labute approximate surface area is 593 Å². The second kappa shape index (κ2) is 45.0. The molecule has 0 spiro atoms. The molecule has 0 N–H and O–H groups in total. The van der Waals surface area contributed by atoms with Crippen LogP contribution in [0.25, 0.3) is 0 Å². The second-order valence-corrected chi connectivity index (χ2v) is 19.0. The molecule has 0 aliphatic carbocycles. The summed E-state index contributed by atoms with van der Waals surface area (Å²) in [6.07, 6.45) is 0. The van der Waals surface area contributed by atoms with Gasteiger partial charge < -0.3 is 34.5 Å². The molecular weight excluding hydrogens is 1650 g/mol. The van der Waals surface area contributed by atoms with E-state index in [-0.39, 0.29) is 55.4 Å². The van der Waals surface area contributed by atoms with E-state index < -0.39 is 14.5 Å². The minimum atomic E-state index is -6.00. The van der Waals surface area contributed by atoms with Crippen molar-refractivity contribution in [2.75, 3.05) is 10.7 Å². The van der Waals surface area contributed by atoms with Crippen LogP contribution >= 0.6 is 46.4 Å². The minimum absolute atomic E-state index is 0. The Morgan fingerprint density at radius 1 is 0.213 bits per heavy atom. The van der Waals surface area contributed by atoms with Crippen LogP contribution in [0.5, 0.6) is 0 Å². The van der Waals surface area contributed by atoms with E-state index in [0.717, 1.165) is 44.5 Å².